The molecule has 0 unspecified atom stereocenters. The minimum Gasteiger partial charge on any atom is -0.468 e. The van der Waals surface area contributed by atoms with Crippen LogP contribution in [0.4, 0.5) is 0 Å². The van der Waals surface area contributed by atoms with E-state index in [1.807, 2.05) is 23.0 Å². The number of rotatable bonds is 3. The highest BCUT2D eigenvalue weighted by Gasteiger charge is 2.21. The summed E-state index contributed by atoms with van der Waals surface area (Å²) >= 11 is 5.90. The third-order valence-electron chi connectivity index (χ3n) is 3.46. The summed E-state index contributed by atoms with van der Waals surface area (Å²) in [7, 11) is 0. The maximum Gasteiger partial charge on any atom is 0.117 e. The van der Waals surface area contributed by atoms with Crippen LogP contribution in [-0.4, -0.2) is 27.8 Å². The molecule has 0 radical (unpaired) electrons. The number of furan rings is 1. The molecule has 4 nitrogen and oxygen atoms in total. The Morgan fingerprint density at radius 2 is 2.22 bits per heavy atom. The second kappa shape index (κ2) is 5.16. The number of halogens is 1. The maximum absolute atomic E-state index is 5.90. The van der Waals surface area contributed by atoms with Gasteiger partial charge in [0.15, 0.2) is 0 Å². The van der Waals surface area contributed by atoms with E-state index in [4.69, 9.17) is 16.0 Å². The molecule has 0 aliphatic carbocycles. The molecule has 18 heavy (non-hydrogen) atoms. The van der Waals surface area contributed by atoms with Gasteiger partial charge >= 0.3 is 0 Å². The average molecular weight is 266 g/mol. The molecule has 0 saturated carbocycles. The van der Waals surface area contributed by atoms with Crippen LogP contribution < -0.4 is 0 Å². The van der Waals surface area contributed by atoms with Gasteiger partial charge in [0.2, 0.25) is 0 Å². The van der Waals surface area contributed by atoms with Crippen molar-refractivity contribution >= 4 is 11.6 Å². The Morgan fingerprint density at radius 3 is 2.83 bits per heavy atom. The Balaban J connectivity index is 1.55. The largest absolute Gasteiger partial charge is 0.468 e. The summed E-state index contributed by atoms with van der Waals surface area (Å²) < 4.78 is 7.37. The molecule has 96 valence electrons. The number of piperidine rings is 1. The summed E-state index contributed by atoms with van der Waals surface area (Å²) in [5, 5.41) is 5.00. The predicted octanol–water partition coefficient (Wildman–Crippen LogP) is 2.97. The van der Waals surface area contributed by atoms with Gasteiger partial charge in [0, 0.05) is 19.3 Å². The van der Waals surface area contributed by atoms with Crippen molar-refractivity contribution < 1.29 is 4.42 Å². The monoisotopic (exact) mass is 265 g/mol. The van der Waals surface area contributed by atoms with Gasteiger partial charge in [-0.3, -0.25) is 9.58 Å². The minimum atomic E-state index is 0.477. The average Bonchev–Trinajstić information content (AvgIpc) is 3.02. The molecule has 0 amide bonds. The van der Waals surface area contributed by atoms with Gasteiger partial charge in [0.1, 0.15) is 5.76 Å². The van der Waals surface area contributed by atoms with Crippen LogP contribution in [0.15, 0.2) is 35.2 Å². The van der Waals surface area contributed by atoms with E-state index in [0.29, 0.717) is 11.1 Å². The zero-order valence-corrected chi connectivity index (χ0v) is 10.9. The van der Waals surface area contributed by atoms with Crippen LogP contribution >= 0.6 is 11.6 Å². The maximum atomic E-state index is 5.90. The van der Waals surface area contributed by atoms with Gasteiger partial charge in [-0.15, -0.1) is 0 Å². The standard InChI is InChI=1S/C13H16ClN3O/c14-11-8-15-17(9-11)12-3-5-16(6-4-12)10-13-2-1-7-18-13/h1-2,7-9,12H,3-6,10H2. The van der Waals surface area contributed by atoms with E-state index in [2.05, 4.69) is 10.00 Å². The zero-order valence-electron chi connectivity index (χ0n) is 10.1. The molecule has 0 N–H and O–H groups in total. The fourth-order valence-electron chi connectivity index (χ4n) is 2.48. The third kappa shape index (κ3) is 2.60. The first-order valence-corrected chi connectivity index (χ1v) is 6.63. The van der Waals surface area contributed by atoms with Crippen molar-refractivity contribution in [1.82, 2.24) is 14.7 Å². The van der Waals surface area contributed by atoms with Crippen LogP contribution in [0.3, 0.4) is 0 Å². The van der Waals surface area contributed by atoms with Gasteiger partial charge < -0.3 is 4.42 Å². The summed E-state index contributed by atoms with van der Waals surface area (Å²) in [4.78, 5) is 2.42. The Hall–Kier alpha value is -1.26. The molecule has 1 fully saturated rings. The topological polar surface area (TPSA) is 34.2 Å². The minimum absolute atomic E-state index is 0.477. The highest BCUT2D eigenvalue weighted by Crippen LogP contribution is 2.24. The van der Waals surface area contributed by atoms with Gasteiger partial charge in [0.25, 0.3) is 0 Å². The summed E-state index contributed by atoms with van der Waals surface area (Å²) in [6.07, 6.45) is 7.57. The lowest BCUT2D eigenvalue weighted by molar-refractivity contribution is 0.163. The number of aromatic nitrogens is 2. The van der Waals surface area contributed by atoms with Crippen LogP contribution in [0.1, 0.15) is 24.6 Å². The third-order valence-corrected chi connectivity index (χ3v) is 3.66. The first kappa shape index (κ1) is 11.8. The number of hydrogen-bond donors (Lipinski definition) is 0. The molecule has 3 heterocycles. The number of likely N-dealkylation sites (tertiary alicyclic amines) is 1. The normalized spacial score (nSPS) is 18.3. The molecule has 1 aliphatic heterocycles. The van der Waals surface area contributed by atoms with Crippen LogP contribution in [0.25, 0.3) is 0 Å². The fraction of sp³-hybridized carbons (Fsp3) is 0.462. The summed E-state index contributed by atoms with van der Waals surface area (Å²) in [5.74, 6) is 1.04. The highest BCUT2D eigenvalue weighted by molar-refractivity contribution is 6.30. The molecule has 1 aliphatic rings. The Labute approximate surface area is 111 Å². The van der Waals surface area contributed by atoms with Crippen LogP contribution in [0.2, 0.25) is 5.02 Å². The van der Waals surface area contributed by atoms with Crippen LogP contribution in [-0.2, 0) is 6.54 Å². The predicted molar refractivity (Wildman–Crippen MR) is 69.5 cm³/mol. The number of hydrogen-bond acceptors (Lipinski definition) is 3. The van der Waals surface area contributed by atoms with E-state index < -0.39 is 0 Å². The molecule has 1 saturated heterocycles. The molecule has 5 heteroatoms. The van der Waals surface area contributed by atoms with E-state index in [-0.39, 0.29) is 0 Å². The van der Waals surface area contributed by atoms with Gasteiger partial charge in [-0.1, -0.05) is 11.6 Å². The van der Waals surface area contributed by atoms with Gasteiger partial charge in [-0.05, 0) is 25.0 Å². The van der Waals surface area contributed by atoms with Crippen molar-refractivity contribution in [2.45, 2.75) is 25.4 Å². The molecule has 3 rings (SSSR count). The summed E-state index contributed by atoms with van der Waals surface area (Å²) in [5.41, 5.74) is 0. The number of nitrogens with zero attached hydrogens (tertiary/aromatic N) is 3. The molecule has 2 aromatic heterocycles. The Bertz CT molecular complexity index is 486. The van der Waals surface area contributed by atoms with E-state index in [9.17, 15) is 0 Å². The Kier molecular flexibility index (Phi) is 3.39. The molecular formula is C13H16ClN3O. The van der Waals surface area contributed by atoms with Gasteiger partial charge in [-0.2, -0.15) is 5.10 Å². The van der Waals surface area contributed by atoms with E-state index in [1.165, 1.54) is 0 Å². The van der Waals surface area contributed by atoms with Crippen molar-refractivity contribution in [3.05, 3.63) is 41.6 Å². The lowest BCUT2D eigenvalue weighted by Gasteiger charge is -2.31. The lowest BCUT2D eigenvalue weighted by atomic mass is 10.1. The van der Waals surface area contributed by atoms with Crippen LogP contribution in [0, 0.1) is 0 Å². The second-order valence-corrected chi connectivity index (χ2v) is 5.16. The van der Waals surface area contributed by atoms with Crippen molar-refractivity contribution in [2.24, 2.45) is 0 Å². The summed E-state index contributed by atoms with van der Waals surface area (Å²) in [6.45, 7) is 3.05. The molecular weight excluding hydrogens is 250 g/mol. The second-order valence-electron chi connectivity index (χ2n) is 4.73. The van der Waals surface area contributed by atoms with Gasteiger partial charge in [-0.25, -0.2) is 0 Å². The summed E-state index contributed by atoms with van der Waals surface area (Å²) in [6, 6.07) is 4.44. The van der Waals surface area contributed by atoms with Crippen molar-refractivity contribution in [3.63, 3.8) is 0 Å². The van der Waals surface area contributed by atoms with Crippen molar-refractivity contribution in [3.8, 4) is 0 Å². The fourth-order valence-corrected chi connectivity index (χ4v) is 2.62. The molecule has 0 bridgehead atoms. The smallest absolute Gasteiger partial charge is 0.117 e. The Morgan fingerprint density at radius 1 is 1.39 bits per heavy atom. The molecule has 0 aromatic carbocycles. The zero-order chi connectivity index (χ0) is 12.4. The SMILES string of the molecule is Clc1cnn(C2CCN(Cc3ccco3)CC2)c1. The van der Waals surface area contributed by atoms with Crippen molar-refractivity contribution in [2.75, 3.05) is 13.1 Å². The van der Waals surface area contributed by atoms with Gasteiger partial charge in [0.05, 0.1) is 30.1 Å². The van der Waals surface area contributed by atoms with E-state index in [0.717, 1.165) is 38.2 Å². The molecule has 0 spiro atoms. The first-order chi connectivity index (χ1) is 8.81. The molecule has 2 aromatic rings. The van der Waals surface area contributed by atoms with E-state index in [1.54, 1.807) is 12.5 Å². The highest BCUT2D eigenvalue weighted by atomic mass is 35.5. The first-order valence-electron chi connectivity index (χ1n) is 6.25. The lowest BCUT2D eigenvalue weighted by Crippen LogP contribution is -2.34. The van der Waals surface area contributed by atoms with Crippen LogP contribution in [0.5, 0.6) is 0 Å². The quantitative estimate of drug-likeness (QED) is 0.856. The van der Waals surface area contributed by atoms with Crippen molar-refractivity contribution in [1.29, 1.82) is 0 Å². The van der Waals surface area contributed by atoms with E-state index >= 15 is 0 Å². The molecule has 0 atom stereocenters.